The van der Waals surface area contributed by atoms with Gasteiger partial charge in [-0.15, -0.1) is 0 Å². The van der Waals surface area contributed by atoms with E-state index in [1.807, 2.05) is 11.0 Å². The van der Waals surface area contributed by atoms with Gasteiger partial charge in [-0.3, -0.25) is 10.4 Å². The molecule has 0 spiro atoms. The van der Waals surface area contributed by atoms with E-state index in [9.17, 15) is 22.4 Å². The van der Waals surface area contributed by atoms with Crippen molar-refractivity contribution < 1.29 is 22.4 Å². The van der Waals surface area contributed by atoms with Crippen LogP contribution in [0.25, 0.3) is 11.0 Å². The van der Waals surface area contributed by atoms with Crippen LogP contribution in [0.5, 0.6) is 0 Å². The normalized spacial score (nSPS) is 19.5. The maximum Gasteiger partial charge on any atom is 0.416 e. The van der Waals surface area contributed by atoms with Gasteiger partial charge < -0.3 is 9.80 Å². The minimum absolute atomic E-state index is 0.0507. The number of rotatable bonds is 3. The number of aromatic amines is 1. The van der Waals surface area contributed by atoms with Crippen LogP contribution in [0.4, 0.5) is 33.9 Å². The largest absolute Gasteiger partial charge is 0.416 e. The van der Waals surface area contributed by atoms with Crippen LogP contribution in [0.2, 0.25) is 0 Å². The van der Waals surface area contributed by atoms with Gasteiger partial charge in [-0.25, -0.2) is 19.2 Å². The quantitative estimate of drug-likeness (QED) is 0.613. The highest BCUT2D eigenvalue weighted by Gasteiger charge is 2.35. The summed E-state index contributed by atoms with van der Waals surface area (Å²) in [4.78, 5) is 23.5. The fourth-order valence-electron chi connectivity index (χ4n) is 3.58. The number of anilines is 2. The lowest BCUT2D eigenvalue weighted by atomic mass is 10.0. The Balaban J connectivity index is 1.40. The maximum absolute atomic E-state index is 14.9. The number of halogens is 4. The highest BCUT2D eigenvalue weighted by Crippen LogP contribution is 2.30. The summed E-state index contributed by atoms with van der Waals surface area (Å²) < 4.78 is 53.4. The van der Waals surface area contributed by atoms with Crippen LogP contribution >= 0.6 is 0 Å². The first-order valence-electron chi connectivity index (χ1n) is 9.47. The summed E-state index contributed by atoms with van der Waals surface area (Å²) in [5.74, 6) is -0.251. The van der Waals surface area contributed by atoms with Crippen LogP contribution < -0.4 is 10.2 Å². The number of fused-ring (bicyclic) bond motifs is 1. The average Bonchev–Trinajstić information content (AvgIpc) is 3.20. The molecule has 0 aliphatic carbocycles. The van der Waals surface area contributed by atoms with Gasteiger partial charge in [-0.2, -0.15) is 18.3 Å². The minimum atomic E-state index is -4.56. The monoisotopic (exact) mass is 437 g/mol. The molecule has 8 nitrogen and oxygen atoms in total. The van der Waals surface area contributed by atoms with Gasteiger partial charge in [-0.05, 0) is 24.6 Å². The Morgan fingerprint density at radius 2 is 2.10 bits per heavy atom. The first-order valence-corrected chi connectivity index (χ1v) is 9.47. The molecule has 2 atom stereocenters. The SMILES string of the molecule is CN(C(=O)Nc1cc(C(F)(F)F)ccn1)[C@H]1CCN(c2cnc3[nH]ncc3c2)C[C@@H]1F. The zero-order valence-electron chi connectivity index (χ0n) is 16.4. The van der Waals surface area contributed by atoms with Gasteiger partial charge in [0.05, 0.1) is 36.2 Å². The van der Waals surface area contributed by atoms with Crippen LogP contribution in [-0.2, 0) is 6.18 Å². The topological polar surface area (TPSA) is 90.0 Å². The van der Waals surface area contributed by atoms with Gasteiger partial charge in [0, 0.05) is 25.2 Å². The molecule has 1 saturated heterocycles. The number of carbonyl (C=O) groups is 1. The predicted octanol–water partition coefficient (Wildman–Crippen LogP) is 3.45. The second kappa shape index (κ2) is 8.00. The molecular weight excluding hydrogens is 418 g/mol. The molecule has 0 saturated carbocycles. The third-order valence-electron chi connectivity index (χ3n) is 5.29. The number of hydrogen-bond donors (Lipinski definition) is 2. The Morgan fingerprint density at radius 3 is 2.84 bits per heavy atom. The molecule has 1 aliphatic rings. The molecule has 12 heteroatoms. The second-order valence-electron chi connectivity index (χ2n) is 7.29. The molecule has 4 rings (SSSR count). The van der Waals surface area contributed by atoms with Crippen LogP contribution in [-0.4, -0.2) is 63.4 Å². The highest BCUT2D eigenvalue weighted by molar-refractivity contribution is 5.88. The number of carbonyl (C=O) groups excluding carboxylic acids is 1. The third-order valence-corrected chi connectivity index (χ3v) is 5.29. The van der Waals surface area contributed by atoms with Crippen molar-refractivity contribution in [3.8, 4) is 0 Å². The molecule has 0 bridgehead atoms. The lowest BCUT2D eigenvalue weighted by molar-refractivity contribution is -0.137. The zero-order chi connectivity index (χ0) is 22.2. The Bertz CT molecular complexity index is 1090. The standard InChI is InChI=1S/C19H19F4N7O/c1-29(18(31)27-16-7-12(2-4-24-16)19(21,22)23)15-3-5-30(10-14(15)20)13-6-11-8-26-28-17(11)25-9-13/h2,4,6-9,14-15H,3,5,10H2,1H3,(H,24,27,31)(H,25,26,28)/t14-,15-/m0/s1. The summed E-state index contributed by atoms with van der Waals surface area (Å²) in [7, 11) is 1.41. The van der Waals surface area contributed by atoms with Gasteiger partial charge >= 0.3 is 12.2 Å². The second-order valence-corrected chi connectivity index (χ2v) is 7.29. The van der Waals surface area contributed by atoms with Crippen LogP contribution in [0.1, 0.15) is 12.0 Å². The fourth-order valence-corrected chi connectivity index (χ4v) is 3.58. The molecule has 0 radical (unpaired) electrons. The Morgan fingerprint density at radius 1 is 1.29 bits per heavy atom. The van der Waals surface area contributed by atoms with E-state index in [0.29, 0.717) is 18.6 Å². The van der Waals surface area contributed by atoms with Crippen molar-refractivity contribution in [3.05, 3.63) is 42.4 Å². The van der Waals surface area contributed by atoms with Crippen LogP contribution in [0, 0.1) is 0 Å². The van der Waals surface area contributed by atoms with Gasteiger partial charge in [0.2, 0.25) is 0 Å². The van der Waals surface area contributed by atoms with Gasteiger partial charge in [0.25, 0.3) is 0 Å². The number of aromatic nitrogens is 4. The molecule has 3 aromatic rings. The Kier molecular flexibility index (Phi) is 5.38. The fraction of sp³-hybridized carbons (Fsp3) is 0.368. The van der Waals surface area contributed by atoms with Crippen molar-refractivity contribution in [2.45, 2.75) is 24.8 Å². The van der Waals surface area contributed by atoms with Crippen molar-refractivity contribution in [2.24, 2.45) is 0 Å². The molecule has 164 valence electrons. The van der Waals surface area contributed by atoms with Crippen molar-refractivity contribution >= 4 is 28.6 Å². The molecule has 0 unspecified atom stereocenters. The van der Waals surface area contributed by atoms with E-state index in [-0.39, 0.29) is 12.4 Å². The maximum atomic E-state index is 14.9. The number of urea groups is 1. The molecular formula is C19H19F4N7O. The van der Waals surface area contributed by atoms with E-state index in [2.05, 4.69) is 25.5 Å². The summed E-state index contributed by atoms with van der Waals surface area (Å²) >= 11 is 0. The summed E-state index contributed by atoms with van der Waals surface area (Å²) in [6.07, 6.45) is -1.36. The third kappa shape index (κ3) is 4.37. The number of piperidine rings is 1. The van der Waals surface area contributed by atoms with Crippen molar-refractivity contribution in [1.29, 1.82) is 0 Å². The molecule has 2 N–H and O–H groups in total. The Labute approximate surface area is 174 Å². The predicted molar refractivity (Wildman–Crippen MR) is 105 cm³/mol. The first-order chi connectivity index (χ1) is 14.7. The molecule has 3 aromatic heterocycles. The lowest BCUT2D eigenvalue weighted by Crippen LogP contribution is -2.54. The number of nitrogens with zero attached hydrogens (tertiary/aromatic N) is 5. The number of H-pyrrole nitrogens is 1. The number of alkyl halides is 4. The molecule has 31 heavy (non-hydrogen) atoms. The van der Waals surface area contributed by atoms with E-state index in [4.69, 9.17) is 0 Å². The van der Waals surface area contributed by atoms with Gasteiger partial charge in [0.15, 0.2) is 5.65 Å². The van der Waals surface area contributed by atoms with Crippen LogP contribution in [0.3, 0.4) is 0 Å². The number of nitrogens with one attached hydrogen (secondary N) is 2. The lowest BCUT2D eigenvalue weighted by Gasteiger charge is -2.39. The van der Waals surface area contributed by atoms with Gasteiger partial charge in [-0.1, -0.05) is 0 Å². The highest BCUT2D eigenvalue weighted by atomic mass is 19.4. The van der Waals surface area contributed by atoms with Crippen molar-refractivity contribution in [2.75, 3.05) is 30.4 Å². The van der Waals surface area contributed by atoms with E-state index in [1.54, 1.807) is 12.4 Å². The van der Waals surface area contributed by atoms with E-state index < -0.39 is 30.0 Å². The zero-order valence-corrected chi connectivity index (χ0v) is 16.4. The molecule has 2 amide bonds. The molecule has 1 fully saturated rings. The summed E-state index contributed by atoms with van der Waals surface area (Å²) in [6, 6.07) is 1.94. The molecule has 0 aromatic carbocycles. The molecule has 1 aliphatic heterocycles. The molecule has 4 heterocycles. The van der Waals surface area contributed by atoms with Crippen molar-refractivity contribution in [1.82, 2.24) is 25.1 Å². The smallest absolute Gasteiger partial charge is 0.367 e. The summed E-state index contributed by atoms with van der Waals surface area (Å²) in [5.41, 5.74) is 0.450. The number of amides is 2. The average molecular weight is 437 g/mol. The van der Waals surface area contributed by atoms with Crippen LogP contribution in [0.15, 0.2) is 36.8 Å². The number of pyridine rings is 2. The number of hydrogen-bond acceptors (Lipinski definition) is 5. The first kappa shape index (κ1) is 20.8. The minimum Gasteiger partial charge on any atom is -0.367 e. The summed E-state index contributed by atoms with van der Waals surface area (Å²) in [6.45, 7) is 0.532. The van der Waals surface area contributed by atoms with Gasteiger partial charge in [0.1, 0.15) is 12.0 Å². The van der Waals surface area contributed by atoms with E-state index >= 15 is 0 Å². The van der Waals surface area contributed by atoms with E-state index in [1.165, 1.54) is 11.9 Å². The Hall–Kier alpha value is -3.44. The van der Waals surface area contributed by atoms with Crippen molar-refractivity contribution in [3.63, 3.8) is 0 Å². The van der Waals surface area contributed by atoms with E-state index in [0.717, 1.165) is 29.4 Å². The summed E-state index contributed by atoms with van der Waals surface area (Å²) in [5, 5.41) is 9.78.